The average Bonchev–Trinajstić information content (AvgIpc) is 2.92. The van der Waals surface area contributed by atoms with Crippen molar-refractivity contribution in [3.8, 4) is 11.1 Å². The first-order valence-electron chi connectivity index (χ1n) is 13.6. The van der Waals surface area contributed by atoms with Gasteiger partial charge in [0.25, 0.3) is 0 Å². The molecule has 2 aromatic carbocycles. The molecule has 0 aliphatic carbocycles. The van der Waals surface area contributed by atoms with E-state index in [4.69, 9.17) is 4.74 Å². The molecule has 228 valence electrons. The predicted octanol–water partition coefficient (Wildman–Crippen LogP) is 6.41. The van der Waals surface area contributed by atoms with E-state index in [1.165, 1.54) is 4.90 Å². The molecule has 2 amide bonds. The van der Waals surface area contributed by atoms with Gasteiger partial charge in [0.1, 0.15) is 0 Å². The first-order chi connectivity index (χ1) is 20.1. The van der Waals surface area contributed by atoms with Crippen LogP contribution in [0.5, 0.6) is 0 Å². The number of ketones is 1. The third-order valence-electron chi connectivity index (χ3n) is 6.88. The number of amides is 2. The van der Waals surface area contributed by atoms with Crippen molar-refractivity contribution in [1.29, 1.82) is 0 Å². The number of nitrogens with zero attached hydrogens (tertiary/aromatic N) is 3. The van der Waals surface area contributed by atoms with E-state index in [-0.39, 0.29) is 48.9 Å². The average molecular weight is 599 g/mol. The summed E-state index contributed by atoms with van der Waals surface area (Å²) in [6.07, 6.45) is -5.27. The van der Waals surface area contributed by atoms with Crippen LogP contribution in [0.2, 0.25) is 0 Å². The minimum atomic E-state index is -4.82. The molecule has 9 nitrogen and oxygen atoms in total. The summed E-state index contributed by atoms with van der Waals surface area (Å²) in [7, 11) is 0. The van der Waals surface area contributed by atoms with E-state index in [9.17, 15) is 32.7 Å². The first kappa shape index (κ1) is 31.5. The van der Waals surface area contributed by atoms with E-state index in [0.717, 1.165) is 33.9 Å². The number of carbonyl (C=O) groups excluding carboxylic acids is 2. The Morgan fingerprint density at radius 1 is 1.02 bits per heavy atom. The molecular weight excluding hydrogens is 565 g/mol. The van der Waals surface area contributed by atoms with Crippen LogP contribution in [0.1, 0.15) is 48.8 Å². The van der Waals surface area contributed by atoms with Crippen LogP contribution in [-0.2, 0) is 15.7 Å². The zero-order valence-corrected chi connectivity index (χ0v) is 24.3. The summed E-state index contributed by atoms with van der Waals surface area (Å²) in [5.41, 5.74) is -0.295. The Morgan fingerprint density at radius 3 is 2.30 bits per heavy atom. The minimum Gasteiger partial charge on any atom is -0.465 e. The SMILES string of the molecule is Cc1cc(-c2cccc(C(=O)CC(=O)Nc3cc(C(F)(F)F)c(N4CCOCC4)cc3N(C(=O)O)C(C)(C)C)c2)ccn1. The van der Waals surface area contributed by atoms with Gasteiger partial charge in [0.2, 0.25) is 5.91 Å². The van der Waals surface area contributed by atoms with Crippen LogP contribution >= 0.6 is 0 Å². The summed E-state index contributed by atoms with van der Waals surface area (Å²) in [6, 6.07) is 12.1. The normalized spacial score (nSPS) is 13.9. The van der Waals surface area contributed by atoms with Crippen molar-refractivity contribution in [3.05, 3.63) is 71.5 Å². The Hall–Kier alpha value is -4.45. The van der Waals surface area contributed by atoms with Gasteiger partial charge in [-0.25, -0.2) is 4.79 Å². The monoisotopic (exact) mass is 598 g/mol. The molecule has 12 heteroatoms. The molecule has 1 saturated heterocycles. The Balaban J connectivity index is 1.70. The number of anilines is 3. The van der Waals surface area contributed by atoms with Crippen LogP contribution in [-0.4, -0.2) is 59.7 Å². The highest BCUT2D eigenvalue weighted by Crippen LogP contribution is 2.44. The maximum atomic E-state index is 14.3. The van der Waals surface area contributed by atoms with Gasteiger partial charge < -0.3 is 20.1 Å². The maximum Gasteiger partial charge on any atom is 0.418 e. The summed E-state index contributed by atoms with van der Waals surface area (Å²) in [5.74, 6) is -1.44. The van der Waals surface area contributed by atoms with Gasteiger partial charge in [-0.15, -0.1) is 0 Å². The smallest absolute Gasteiger partial charge is 0.418 e. The molecule has 1 aromatic heterocycles. The highest BCUT2D eigenvalue weighted by atomic mass is 19.4. The number of pyridine rings is 1. The van der Waals surface area contributed by atoms with Gasteiger partial charge in [0.15, 0.2) is 5.78 Å². The molecule has 0 bridgehead atoms. The molecule has 0 unspecified atom stereocenters. The topological polar surface area (TPSA) is 112 Å². The van der Waals surface area contributed by atoms with Gasteiger partial charge in [-0.2, -0.15) is 13.2 Å². The zero-order chi connectivity index (χ0) is 31.5. The number of alkyl halides is 3. The zero-order valence-electron chi connectivity index (χ0n) is 24.3. The lowest BCUT2D eigenvalue weighted by molar-refractivity contribution is -0.137. The molecule has 1 fully saturated rings. The number of hydrogen-bond acceptors (Lipinski definition) is 6. The molecule has 2 heterocycles. The van der Waals surface area contributed by atoms with Crippen molar-refractivity contribution in [3.63, 3.8) is 0 Å². The Morgan fingerprint density at radius 2 is 1.70 bits per heavy atom. The van der Waals surface area contributed by atoms with Gasteiger partial charge in [0.05, 0.1) is 42.3 Å². The van der Waals surface area contributed by atoms with Crippen molar-refractivity contribution >= 4 is 34.8 Å². The number of morpholine rings is 1. The summed E-state index contributed by atoms with van der Waals surface area (Å²) >= 11 is 0. The molecule has 1 aliphatic heterocycles. The highest BCUT2D eigenvalue weighted by Gasteiger charge is 2.39. The number of rotatable bonds is 7. The number of nitrogens with one attached hydrogen (secondary N) is 1. The van der Waals surface area contributed by atoms with Crippen molar-refractivity contribution in [2.75, 3.05) is 41.4 Å². The molecule has 43 heavy (non-hydrogen) atoms. The van der Waals surface area contributed by atoms with Crippen LogP contribution < -0.4 is 15.1 Å². The van der Waals surface area contributed by atoms with Crippen LogP contribution in [0.25, 0.3) is 11.1 Å². The lowest BCUT2D eigenvalue weighted by atomic mass is 10.00. The third-order valence-corrected chi connectivity index (χ3v) is 6.88. The van der Waals surface area contributed by atoms with Crippen molar-refractivity contribution in [2.24, 2.45) is 0 Å². The van der Waals surface area contributed by atoms with Gasteiger partial charge in [0, 0.05) is 36.1 Å². The highest BCUT2D eigenvalue weighted by molar-refractivity contribution is 6.12. The maximum absolute atomic E-state index is 14.3. The fourth-order valence-electron chi connectivity index (χ4n) is 4.95. The number of aromatic nitrogens is 1. The molecule has 0 spiro atoms. The molecule has 2 N–H and O–H groups in total. The second-order valence-electron chi connectivity index (χ2n) is 11.2. The fraction of sp³-hybridized carbons (Fsp3) is 0.355. The summed E-state index contributed by atoms with van der Waals surface area (Å²) < 4.78 is 48.3. The molecule has 0 saturated carbocycles. The van der Waals surface area contributed by atoms with Crippen LogP contribution in [0.15, 0.2) is 54.7 Å². The summed E-state index contributed by atoms with van der Waals surface area (Å²) in [4.78, 5) is 45.1. The van der Waals surface area contributed by atoms with Crippen LogP contribution in [0, 0.1) is 6.92 Å². The number of aryl methyl sites for hydroxylation is 1. The number of halogens is 3. The van der Waals surface area contributed by atoms with E-state index >= 15 is 0 Å². The van der Waals surface area contributed by atoms with E-state index in [2.05, 4.69) is 10.3 Å². The van der Waals surface area contributed by atoms with E-state index in [0.29, 0.717) is 0 Å². The largest absolute Gasteiger partial charge is 0.465 e. The molecule has 0 atom stereocenters. The number of Topliss-reactive ketones (excluding diaryl/α,β-unsaturated/α-hetero) is 1. The Bertz CT molecular complexity index is 1530. The first-order valence-corrected chi connectivity index (χ1v) is 13.6. The Kier molecular flexibility index (Phi) is 9.09. The van der Waals surface area contributed by atoms with Crippen LogP contribution in [0.4, 0.5) is 35.0 Å². The van der Waals surface area contributed by atoms with Gasteiger partial charge in [-0.1, -0.05) is 18.2 Å². The van der Waals surface area contributed by atoms with Crippen LogP contribution in [0.3, 0.4) is 0 Å². The quantitative estimate of drug-likeness (QED) is 0.239. The molecular formula is C31H33F3N4O5. The fourth-order valence-corrected chi connectivity index (χ4v) is 4.95. The number of benzene rings is 2. The third kappa shape index (κ3) is 7.50. The van der Waals surface area contributed by atoms with Crippen molar-refractivity contribution in [2.45, 2.75) is 45.8 Å². The number of carboxylic acid groups (broad SMARTS) is 1. The number of hydrogen-bond donors (Lipinski definition) is 2. The van der Waals surface area contributed by atoms with Crippen molar-refractivity contribution in [1.82, 2.24) is 4.98 Å². The molecule has 0 radical (unpaired) electrons. The van der Waals surface area contributed by atoms with Gasteiger partial charge in [-0.05, 0) is 69.2 Å². The summed E-state index contributed by atoms with van der Waals surface area (Å²) in [6.45, 7) is 7.33. The number of ether oxygens (including phenoxy) is 1. The van der Waals surface area contributed by atoms with E-state index in [1.807, 2.05) is 13.0 Å². The second kappa shape index (κ2) is 12.4. The second-order valence-corrected chi connectivity index (χ2v) is 11.2. The minimum absolute atomic E-state index is 0.148. The number of carbonyl (C=O) groups is 3. The van der Waals surface area contributed by atoms with E-state index in [1.54, 1.807) is 57.3 Å². The lowest BCUT2D eigenvalue weighted by Gasteiger charge is -2.37. The van der Waals surface area contributed by atoms with Gasteiger partial charge >= 0.3 is 12.3 Å². The predicted molar refractivity (Wildman–Crippen MR) is 157 cm³/mol. The van der Waals surface area contributed by atoms with Crippen molar-refractivity contribution < 1.29 is 37.4 Å². The molecule has 3 aromatic rings. The molecule has 4 rings (SSSR count). The standard InChI is InChI=1S/C31H33F3N4O5/c1-19-14-21(8-9-35-19)20-6-5-7-22(15-20)27(39)18-28(40)36-24-16-23(31(32,33)34)25(37-10-12-43-13-11-37)17-26(24)38(29(41)42)30(2,3)4/h5-9,14-17H,10-13,18H2,1-4H3,(H,36,40)(H,41,42). The lowest BCUT2D eigenvalue weighted by Crippen LogP contribution is -2.46. The summed E-state index contributed by atoms with van der Waals surface area (Å²) in [5, 5.41) is 12.5. The molecule has 1 aliphatic rings. The Labute approximate surface area is 247 Å². The van der Waals surface area contributed by atoms with Gasteiger partial charge in [-0.3, -0.25) is 19.5 Å². The van der Waals surface area contributed by atoms with E-state index < -0.39 is 41.5 Å².